The van der Waals surface area contributed by atoms with Crippen molar-refractivity contribution in [1.82, 2.24) is 0 Å². The molecule has 0 fully saturated rings. The molecule has 3 rings (SSSR count). The first-order chi connectivity index (χ1) is 11.4. The van der Waals surface area contributed by atoms with Gasteiger partial charge in [-0.15, -0.1) is 0 Å². The summed E-state index contributed by atoms with van der Waals surface area (Å²) in [4.78, 5) is 23.8. The summed E-state index contributed by atoms with van der Waals surface area (Å²) in [6.45, 7) is 3.92. The Kier molecular flexibility index (Phi) is 4.08. The lowest BCUT2D eigenvalue weighted by Crippen LogP contribution is -2.08. The number of carbonyl (C=O) groups excluding carboxylic acids is 1. The van der Waals surface area contributed by atoms with E-state index in [0.717, 1.165) is 16.5 Å². The third-order valence-electron chi connectivity index (χ3n) is 3.95. The van der Waals surface area contributed by atoms with Crippen LogP contribution in [0.4, 0.5) is 5.69 Å². The predicted molar refractivity (Wildman–Crippen MR) is 91.9 cm³/mol. The van der Waals surface area contributed by atoms with Gasteiger partial charge in [-0.2, -0.15) is 0 Å². The van der Waals surface area contributed by atoms with Crippen molar-refractivity contribution in [3.8, 4) is 0 Å². The Morgan fingerprint density at radius 1 is 1.08 bits per heavy atom. The van der Waals surface area contributed by atoms with Gasteiger partial charge in [-0.1, -0.05) is 0 Å². The van der Waals surface area contributed by atoms with Crippen LogP contribution in [0.25, 0.3) is 11.0 Å². The summed E-state index contributed by atoms with van der Waals surface area (Å²) in [5.41, 5.74) is 9.32. The molecule has 122 valence electrons. The molecule has 5 nitrogen and oxygen atoms in total. The van der Waals surface area contributed by atoms with Crippen molar-refractivity contribution in [3.05, 3.63) is 75.1 Å². The fraction of sp³-hybridized carbons (Fsp3) is 0.158. The molecule has 0 unspecified atom stereocenters. The summed E-state index contributed by atoms with van der Waals surface area (Å²) in [5, 5.41) is 0.766. The van der Waals surface area contributed by atoms with Crippen molar-refractivity contribution in [2.75, 3.05) is 5.73 Å². The molecule has 2 N–H and O–H groups in total. The first-order valence-electron chi connectivity index (χ1n) is 7.50. The first kappa shape index (κ1) is 15.8. The van der Waals surface area contributed by atoms with Crippen molar-refractivity contribution in [2.45, 2.75) is 20.5 Å². The van der Waals surface area contributed by atoms with Crippen molar-refractivity contribution in [1.29, 1.82) is 0 Å². The number of aryl methyl sites for hydroxylation is 2. The number of ether oxygens (including phenoxy) is 1. The third kappa shape index (κ3) is 3.15. The molecular formula is C19H17NO4. The van der Waals surface area contributed by atoms with Gasteiger partial charge in [-0.05, 0) is 61.4 Å². The van der Waals surface area contributed by atoms with Crippen molar-refractivity contribution < 1.29 is 13.9 Å². The van der Waals surface area contributed by atoms with Gasteiger partial charge in [0.15, 0.2) is 0 Å². The van der Waals surface area contributed by atoms with Crippen LogP contribution in [-0.2, 0) is 11.3 Å². The minimum Gasteiger partial charge on any atom is -0.457 e. The van der Waals surface area contributed by atoms with Crippen LogP contribution in [0.1, 0.15) is 27.0 Å². The number of fused-ring (bicyclic) bond motifs is 1. The van der Waals surface area contributed by atoms with E-state index in [-0.39, 0.29) is 6.61 Å². The van der Waals surface area contributed by atoms with E-state index in [1.54, 1.807) is 24.3 Å². The molecule has 0 aliphatic carbocycles. The highest BCUT2D eigenvalue weighted by Crippen LogP contribution is 2.22. The van der Waals surface area contributed by atoms with Crippen LogP contribution < -0.4 is 11.4 Å². The summed E-state index contributed by atoms with van der Waals surface area (Å²) in [7, 11) is 0. The Hall–Kier alpha value is -3.08. The van der Waals surface area contributed by atoms with Crippen molar-refractivity contribution in [3.63, 3.8) is 0 Å². The molecule has 0 saturated carbocycles. The van der Waals surface area contributed by atoms with Crippen LogP contribution in [-0.4, -0.2) is 5.97 Å². The van der Waals surface area contributed by atoms with E-state index < -0.39 is 11.6 Å². The molecule has 1 aromatic heterocycles. The minimum atomic E-state index is -0.472. The maximum Gasteiger partial charge on any atom is 0.338 e. The van der Waals surface area contributed by atoms with Gasteiger partial charge in [0.1, 0.15) is 12.2 Å². The minimum absolute atomic E-state index is 0.00614. The van der Waals surface area contributed by atoms with Crippen LogP contribution >= 0.6 is 0 Å². The van der Waals surface area contributed by atoms with E-state index >= 15 is 0 Å². The highest BCUT2D eigenvalue weighted by molar-refractivity contribution is 5.90. The van der Waals surface area contributed by atoms with Gasteiger partial charge in [0.25, 0.3) is 0 Å². The van der Waals surface area contributed by atoms with Crippen LogP contribution in [0.15, 0.2) is 51.7 Å². The molecule has 0 spiro atoms. The molecule has 1 heterocycles. The summed E-state index contributed by atoms with van der Waals surface area (Å²) >= 11 is 0. The average molecular weight is 323 g/mol. The molecule has 24 heavy (non-hydrogen) atoms. The second kappa shape index (κ2) is 6.20. The lowest BCUT2D eigenvalue weighted by atomic mass is 10.0. The fourth-order valence-electron chi connectivity index (χ4n) is 2.45. The lowest BCUT2D eigenvalue weighted by molar-refractivity contribution is 0.0474. The van der Waals surface area contributed by atoms with Gasteiger partial charge in [-0.25, -0.2) is 9.59 Å². The molecule has 5 heteroatoms. The maximum absolute atomic E-state index is 12.1. The number of rotatable bonds is 3. The lowest BCUT2D eigenvalue weighted by Gasteiger charge is -2.09. The molecule has 3 aromatic rings. The summed E-state index contributed by atoms with van der Waals surface area (Å²) in [6.07, 6.45) is 0. The Morgan fingerprint density at radius 3 is 2.46 bits per heavy atom. The van der Waals surface area contributed by atoms with E-state index in [1.165, 1.54) is 6.07 Å². The zero-order chi connectivity index (χ0) is 17.3. The number of anilines is 1. The number of hydrogen-bond acceptors (Lipinski definition) is 5. The van der Waals surface area contributed by atoms with Crippen molar-refractivity contribution in [2.24, 2.45) is 0 Å². The molecular weight excluding hydrogens is 306 g/mol. The SMILES string of the molecule is Cc1cc2oc(=O)cc(COC(=O)c3ccc(N)cc3)c2cc1C. The smallest absolute Gasteiger partial charge is 0.338 e. The van der Waals surface area contributed by atoms with Crippen molar-refractivity contribution >= 4 is 22.6 Å². The van der Waals surface area contributed by atoms with Gasteiger partial charge in [0.05, 0.1) is 5.56 Å². The normalized spacial score (nSPS) is 10.8. The molecule has 0 bridgehead atoms. The number of hydrogen-bond donors (Lipinski definition) is 1. The van der Waals surface area contributed by atoms with E-state index in [4.69, 9.17) is 14.9 Å². The molecule has 0 aliphatic rings. The first-order valence-corrected chi connectivity index (χ1v) is 7.50. The Labute approximate surface area is 138 Å². The zero-order valence-electron chi connectivity index (χ0n) is 13.5. The van der Waals surface area contributed by atoms with Crippen LogP contribution in [0, 0.1) is 13.8 Å². The quantitative estimate of drug-likeness (QED) is 0.454. The van der Waals surface area contributed by atoms with Gasteiger partial charge in [0, 0.05) is 22.7 Å². The van der Waals surface area contributed by atoms with Crippen LogP contribution in [0.5, 0.6) is 0 Å². The predicted octanol–water partition coefficient (Wildman–Crippen LogP) is 3.35. The van der Waals surface area contributed by atoms with E-state index in [2.05, 4.69) is 0 Å². The number of nitrogen functional groups attached to an aromatic ring is 1. The molecule has 0 amide bonds. The van der Waals surface area contributed by atoms with Gasteiger partial charge >= 0.3 is 11.6 Å². The number of esters is 1. The molecule has 0 radical (unpaired) electrons. The average Bonchev–Trinajstić information content (AvgIpc) is 2.54. The van der Waals surface area contributed by atoms with Gasteiger partial charge < -0.3 is 14.9 Å². The third-order valence-corrected chi connectivity index (χ3v) is 3.95. The Balaban J connectivity index is 1.89. The monoisotopic (exact) mass is 323 g/mol. The number of nitrogens with two attached hydrogens (primary N) is 1. The van der Waals surface area contributed by atoms with Crippen LogP contribution in [0.3, 0.4) is 0 Å². The van der Waals surface area contributed by atoms with E-state index in [1.807, 2.05) is 26.0 Å². The standard InChI is InChI=1S/C19H17NO4/c1-11-7-16-14(9-18(21)24-17(16)8-12(11)2)10-23-19(22)13-3-5-15(20)6-4-13/h3-9H,10,20H2,1-2H3. The van der Waals surface area contributed by atoms with Gasteiger partial charge in [-0.3, -0.25) is 0 Å². The molecule has 0 aliphatic heterocycles. The summed E-state index contributed by atoms with van der Waals surface area (Å²) < 4.78 is 10.6. The Morgan fingerprint density at radius 2 is 1.75 bits per heavy atom. The number of benzene rings is 2. The van der Waals surface area contributed by atoms with Gasteiger partial charge in [0.2, 0.25) is 0 Å². The summed E-state index contributed by atoms with van der Waals surface area (Å²) in [6, 6.07) is 11.6. The molecule has 2 aromatic carbocycles. The zero-order valence-corrected chi connectivity index (χ0v) is 13.5. The molecule has 0 atom stereocenters. The van der Waals surface area contributed by atoms with E-state index in [9.17, 15) is 9.59 Å². The largest absolute Gasteiger partial charge is 0.457 e. The highest BCUT2D eigenvalue weighted by Gasteiger charge is 2.11. The topological polar surface area (TPSA) is 82.5 Å². The molecule has 0 saturated heterocycles. The number of carbonyl (C=O) groups is 1. The fourth-order valence-corrected chi connectivity index (χ4v) is 2.45. The summed E-state index contributed by atoms with van der Waals surface area (Å²) in [5.74, 6) is -0.472. The second-order valence-corrected chi connectivity index (χ2v) is 5.72. The van der Waals surface area contributed by atoms with E-state index in [0.29, 0.717) is 22.4 Å². The Bertz CT molecular complexity index is 971. The highest BCUT2D eigenvalue weighted by atomic mass is 16.5. The van der Waals surface area contributed by atoms with Crippen LogP contribution in [0.2, 0.25) is 0 Å². The maximum atomic E-state index is 12.1. The second-order valence-electron chi connectivity index (χ2n) is 5.72.